The molecule has 0 unspecified atom stereocenters. The number of benzene rings is 1. The molecule has 1 N–H and O–H groups in total. The summed E-state index contributed by atoms with van der Waals surface area (Å²) in [5, 5.41) is 2.93. The maximum Gasteiger partial charge on any atom is 0.259 e. The van der Waals surface area contributed by atoms with Gasteiger partial charge in [-0.25, -0.2) is 9.97 Å². The molecule has 124 valence electrons. The lowest BCUT2D eigenvalue weighted by atomic mass is 10.2. The summed E-state index contributed by atoms with van der Waals surface area (Å²) in [6.07, 6.45) is 7.20. The molecule has 0 fully saturated rings. The van der Waals surface area contributed by atoms with Gasteiger partial charge in [0, 0.05) is 41.4 Å². The number of nitrogens with one attached hydrogen (secondary N) is 1. The Hall–Kier alpha value is -3.41. The maximum absolute atomic E-state index is 12.6. The van der Waals surface area contributed by atoms with Gasteiger partial charge in [0.25, 0.3) is 5.91 Å². The van der Waals surface area contributed by atoms with Gasteiger partial charge in [0.2, 0.25) is 0 Å². The minimum absolute atomic E-state index is 0.171. The predicted octanol–water partition coefficient (Wildman–Crippen LogP) is 3.39. The Balaban J connectivity index is 1.60. The number of hydrogen-bond donors (Lipinski definition) is 1. The standard InChI is InChI=1S/C19H17N5O/c1-13-11-14(2)24-9-7-17(18(24)21-13)19(25)22-15-3-5-16(6-4-15)23-10-8-20-12-23/h3-12H,1-2H3,(H,22,25). The van der Waals surface area contributed by atoms with E-state index in [1.54, 1.807) is 18.6 Å². The molecule has 0 bridgehead atoms. The normalized spacial score (nSPS) is 11.0. The highest BCUT2D eigenvalue weighted by Crippen LogP contribution is 2.18. The highest BCUT2D eigenvalue weighted by molar-refractivity contribution is 6.08. The molecule has 0 spiro atoms. The molecule has 0 atom stereocenters. The Morgan fingerprint density at radius 3 is 2.60 bits per heavy atom. The van der Waals surface area contributed by atoms with Gasteiger partial charge >= 0.3 is 0 Å². The van der Waals surface area contributed by atoms with E-state index in [2.05, 4.69) is 15.3 Å². The molecule has 1 aromatic carbocycles. The summed E-state index contributed by atoms with van der Waals surface area (Å²) in [4.78, 5) is 21.2. The first kappa shape index (κ1) is 15.1. The van der Waals surface area contributed by atoms with Crippen molar-refractivity contribution in [2.75, 3.05) is 5.32 Å². The number of aromatic nitrogens is 4. The summed E-state index contributed by atoms with van der Waals surface area (Å²) in [7, 11) is 0. The Morgan fingerprint density at radius 1 is 1.08 bits per heavy atom. The van der Waals surface area contributed by atoms with Crippen molar-refractivity contribution < 1.29 is 4.79 Å². The predicted molar refractivity (Wildman–Crippen MR) is 96.2 cm³/mol. The third-order valence-corrected chi connectivity index (χ3v) is 4.11. The van der Waals surface area contributed by atoms with Gasteiger partial charge in [-0.2, -0.15) is 0 Å². The molecule has 3 heterocycles. The van der Waals surface area contributed by atoms with E-state index in [1.165, 1.54) is 0 Å². The number of amides is 1. The third-order valence-electron chi connectivity index (χ3n) is 4.11. The second-order valence-electron chi connectivity index (χ2n) is 5.93. The summed E-state index contributed by atoms with van der Waals surface area (Å²) in [6, 6.07) is 11.4. The number of carbonyl (C=O) groups is 1. The molecule has 0 radical (unpaired) electrons. The van der Waals surface area contributed by atoms with Crippen LogP contribution in [0.15, 0.2) is 61.3 Å². The van der Waals surface area contributed by atoms with Crippen molar-refractivity contribution >= 4 is 17.2 Å². The molecule has 0 aliphatic heterocycles. The molecular formula is C19H17N5O. The lowest BCUT2D eigenvalue weighted by Gasteiger charge is -2.07. The fourth-order valence-corrected chi connectivity index (χ4v) is 2.90. The summed E-state index contributed by atoms with van der Waals surface area (Å²) in [6.45, 7) is 3.93. The minimum atomic E-state index is -0.171. The Morgan fingerprint density at radius 2 is 1.88 bits per heavy atom. The van der Waals surface area contributed by atoms with Gasteiger partial charge in [-0.1, -0.05) is 0 Å². The van der Waals surface area contributed by atoms with Gasteiger partial charge < -0.3 is 14.3 Å². The molecule has 0 saturated heterocycles. The molecule has 0 aliphatic carbocycles. The van der Waals surface area contributed by atoms with Crippen molar-refractivity contribution in [2.45, 2.75) is 13.8 Å². The van der Waals surface area contributed by atoms with Crippen molar-refractivity contribution in [3.8, 4) is 5.69 Å². The van der Waals surface area contributed by atoms with Crippen LogP contribution in [0.1, 0.15) is 21.7 Å². The van der Waals surface area contributed by atoms with Crippen molar-refractivity contribution in [3.05, 3.63) is 78.3 Å². The second-order valence-corrected chi connectivity index (χ2v) is 5.93. The fraction of sp³-hybridized carbons (Fsp3) is 0.105. The number of imidazole rings is 1. The first-order valence-electron chi connectivity index (χ1n) is 7.97. The van der Waals surface area contributed by atoms with E-state index in [0.29, 0.717) is 11.2 Å². The van der Waals surface area contributed by atoms with Crippen molar-refractivity contribution in [3.63, 3.8) is 0 Å². The van der Waals surface area contributed by atoms with Crippen LogP contribution in [0.25, 0.3) is 11.3 Å². The van der Waals surface area contributed by atoms with Crippen LogP contribution in [0.2, 0.25) is 0 Å². The van der Waals surface area contributed by atoms with E-state index in [0.717, 1.165) is 22.8 Å². The van der Waals surface area contributed by atoms with Gasteiger partial charge in [0.1, 0.15) is 5.65 Å². The van der Waals surface area contributed by atoms with Crippen LogP contribution < -0.4 is 5.32 Å². The topological polar surface area (TPSA) is 64.2 Å². The van der Waals surface area contributed by atoms with E-state index < -0.39 is 0 Å². The summed E-state index contributed by atoms with van der Waals surface area (Å²) in [5.41, 5.74) is 4.89. The number of rotatable bonds is 3. The molecule has 3 aromatic heterocycles. The van der Waals surface area contributed by atoms with Gasteiger partial charge in [0.15, 0.2) is 0 Å². The average molecular weight is 331 g/mol. The minimum Gasteiger partial charge on any atom is -0.322 e. The van der Waals surface area contributed by atoms with Crippen LogP contribution in [0.4, 0.5) is 5.69 Å². The van der Waals surface area contributed by atoms with Gasteiger partial charge in [-0.05, 0) is 50.2 Å². The van der Waals surface area contributed by atoms with Crippen LogP contribution in [0, 0.1) is 13.8 Å². The van der Waals surface area contributed by atoms with E-state index >= 15 is 0 Å². The van der Waals surface area contributed by atoms with E-state index in [9.17, 15) is 4.79 Å². The Bertz CT molecular complexity index is 1050. The largest absolute Gasteiger partial charge is 0.322 e. The highest BCUT2D eigenvalue weighted by atomic mass is 16.1. The number of carbonyl (C=O) groups excluding carboxylic acids is 1. The third kappa shape index (κ3) is 2.78. The van der Waals surface area contributed by atoms with Crippen LogP contribution >= 0.6 is 0 Å². The van der Waals surface area contributed by atoms with E-state index in [4.69, 9.17) is 0 Å². The number of aryl methyl sites for hydroxylation is 2. The SMILES string of the molecule is Cc1cc(C)n2ccc(C(=O)Nc3ccc(-n4ccnc4)cc3)c2n1. The molecular weight excluding hydrogens is 314 g/mol. The molecule has 6 nitrogen and oxygen atoms in total. The number of anilines is 1. The molecule has 0 saturated carbocycles. The lowest BCUT2D eigenvalue weighted by Crippen LogP contribution is -2.12. The molecule has 0 aliphatic rings. The monoisotopic (exact) mass is 331 g/mol. The Kier molecular flexibility index (Phi) is 3.57. The van der Waals surface area contributed by atoms with Crippen molar-refractivity contribution in [2.24, 2.45) is 0 Å². The van der Waals surface area contributed by atoms with Crippen LogP contribution in [-0.2, 0) is 0 Å². The van der Waals surface area contributed by atoms with Gasteiger partial charge in [0.05, 0.1) is 11.9 Å². The Labute approximate surface area is 144 Å². The zero-order valence-corrected chi connectivity index (χ0v) is 14.0. The quantitative estimate of drug-likeness (QED) is 0.626. The molecule has 6 heteroatoms. The van der Waals surface area contributed by atoms with Crippen molar-refractivity contribution in [1.29, 1.82) is 0 Å². The maximum atomic E-state index is 12.6. The van der Waals surface area contributed by atoms with Gasteiger partial charge in [-0.15, -0.1) is 0 Å². The first-order valence-corrected chi connectivity index (χ1v) is 7.97. The highest BCUT2D eigenvalue weighted by Gasteiger charge is 2.14. The average Bonchev–Trinajstić information content (AvgIpc) is 3.25. The van der Waals surface area contributed by atoms with Crippen molar-refractivity contribution in [1.82, 2.24) is 18.9 Å². The second kappa shape index (κ2) is 5.90. The summed E-state index contributed by atoms with van der Waals surface area (Å²) < 4.78 is 3.83. The first-order chi connectivity index (χ1) is 12.1. The molecule has 4 rings (SSSR count). The summed E-state index contributed by atoms with van der Waals surface area (Å²) >= 11 is 0. The number of hydrogen-bond acceptors (Lipinski definition) is 3. The molecule has 25 heavy (non-hydrogen) atoms. The molecule has 4 aromatic rings. The van der Waals surface area contributed by atoms with Crippen LogP contribution in [0.5, 0.6) is 0 Å². The smallest absolute Gasteiger partial charge is 0.259 e. The summed E-state index contributed by atoms with van der Waals surface area (Å²) in [5.74, 6) is -0.171. The van der Waals surface area contributed by atoms with Crippen LogP contribution in [-0.4, -0.2) is 24.8 Å². The van der Waals surface area contributed by atoms with Gasteiger partial charge in [-0.3, -0.25) is 4.79 Å². The molecule has 1 amide bonds. The zero-order valence-electron chi connectivity index (χ0n) is 14.0. The number of nitrogens with zero attached hydrogens (tertiary/aromatic N) is 4. The zero-order chi connectivity index (χ0) is 17.4. The number of fused-ring (bicyclic) bond motifs is 1. The van der Waals surface area contributed by atoms with E-state index in [-0.39, 0.29) is 5.91 Å². The lowest BCUT2D eigenvalue weighted by molar-refractivity contribution is 0.102. The van der Waals surface area contributed by atoms with Crippen LogP contribution in [0.3, 0.4) is 0 Å². The van der Waals surface area contributed by atoms with E-state index in [1.807, 2.05) is 65.5 Å². The fourth-order valence-electron chi connectivity index (χ4n) is 2.90.